The van der Waals surface area contributed by atoms with E-state index in [1.165, 1.54) is 0 Å². The van der Waals surface area contributed by atoms with Gasteiger partial charge in [0.15, 0.2) is 0 Å². The van der Waals surface area contributed by atoms with Gasteiger partial charge >= 0.3 is 0 Å². The Kier molecular flexibility index (Phi) is 9.06. The molecule has 27 heavy (non-hydrogen) atoms. The molecule has 0 spiro atoms. The molecule has 0 saturated carbocycles. The van der Waals surface area contributed by atoms with E-state index in [1.807, 2.05) is 36.1 Å². The molecule has 0 aromatic heterocycles. The maximum Gasteiger partial charge on any atom is 0.242 e. The Morgan fingerprint density at radius 3 is 2.19 bits per heavy atom. The number of rotatable bonds is 7. The summed E-state index contributed by atoms with van der Waals surface area (Å²) in [5.74, 6) is 0.942. The minimum Gasteiger partial charge on any atom is -0.497 e. The topological polar surface area (TPSA) is 75.9 Å². The zero-order valence-electron chi connectivity index (χ0n) is 16.6. The highest BCUT2D eigenvalue weighted by Gasteiger charge is 2.34. The van der Waals surface area contributed by atoms with Crippen LogP contribution in [-0.4, -0.2) is 60.4 Å². The number of ether oxygens (including phenoxy) is 1. The van der Waals surface area contributed by atoms with Crippen LogP contribution in [0.5, 0.6) is 5.75 Å². The molecule has 1 aliphatic heterocycles. The van der Waals surface area contributed by atoms with E-state index in [1.54, 1.807) is 18.9 Å². The average molecular weight is 398 g/mol. The Morgan fingerprint density at radius 2 is 1.67 bits per heavy atom. The summed E-state index contributed by atoms with van der Waals surface area (Å²) in [5.41, 5.74) is 6.46. The first-order valence-electron chi connectivity index (χ1n) is 9.36. The van der Waals surface area contributed by atoms with Crippen molar-refractivity contribution in [1.82, 2.24) is 9.80 Å². The Balaban J connectivity index is 0.00000364. The lowest BCUT2D eigenvalue weighted by molar-refractivity contribution is -0.142. The second-order valence-corrected chi connectivity index (χ2v) is 7.19. The van der Waals surface area contributed by atoms with Gasteiger partial charge in [-0.25, -0.2) is 0 Å². The van der Waals surface area contributed by atoms with Crippen molar-refractivity contribution >= 4 is 24.2 Å². The van der Waals surface area contributed by atoms with Crippen LogP contribution in [0.4, 0.5) is 0 Å². The van der Waals surface area contributed by atoms with Gasteiger partial charge in [-0.2, -0.15) is 0 Å². The molecule has 152 valence electrons. The van der Waals surface area contributed by atoms with Crippen LogP contribution >= 0.6 is 12.4 Å². The quantitative estimate of drug-likeness (QED) is 0.765. The first kappa shape index (κ1) is 23.2. The van der Waals surface area contributed by atoms with Crippen molar-refractivity contribution in [3.8, 4) is 5.75 Å². The fourth-order valence-electron chi connectivity index (χ4n) is 3.35. The second kappa shape index (κ2) is 10.5. The molecule has 2 N–H and O–H groups in total. The molecule has 1 heterocycles. The Bertz CT molecular complexity index is 611. The molecule has 1 aromatic rings. The summed E-state index contributed by atoms with van der Waals surface area (Å²) < 4.78 is 5.14. The summed E-state index contributed by atoms with van der Waals surface area (Å²) in [4.78, 5) is 28.6. The number of nitrogens with two attached hydrogens (primary N) is 1. The van der Waals surface area contributed by atoms with Gasteiger partial charge in [-0.3, -0.25) is 9.59 Å². The highest BCUT2D eigenvalue weighted by molar-refractivity contribution is 5.86. The summed E-state index contributed by atoms with van der Waals surface area (Å²) in [7, 11) is 1.64. The average Bonchev–Trinajstić information content (AvgIpc) is 2.66. The molecule has 7 heteroatoms. The van der Waals surface area contributed by atoms with Gasteiger partial charge in [0.2, 0.25) is 11.8 Å². The molecule has 1 atom stereocenters. The summed E-state index contributed by atoms with van der Waals surface area (Å²) >= 11 is 0. The monoisotopic (exact) mass is 397 g/mol. The zero-order chi connectivity index (χ0) is 19.2. The predicted octanol–water partition coefficient (Wildman–Crippen LogP) is 2.24. The number of aryl methyl sites for hydroxylation is 1. The first-order valence-corrected chi connectivity index (χ1v) is 9.36. The minimum absolute atomic E-state index is 0. The minimum atomic E-state index is -0.810. The largest absolute Gasteiger partial charge is 0.497 e. The van der Waals surface area contributed by atoms with E-state index in [9.17, 15) is 9.59 Å². The third-order valence-electron chi connectivity index (χ3n) is 4.96. The van der Waals surface area contributed by atoms with E-state index in [4.69, 9.17) is 10.5 Å². The predicted molar refractivity (Wildman–Crippen MR) is 109 cm³/mol. The maximum atomic E-state index is 12.5. The number of methoxy groups -OCH3 is 1. The normalized spacial score (nSPS) is 16.3. The van der Waals surface area contributed by atoms with Gasteiger partial charge in [-0.15, -0.1) is 12.4 Å². The molecule has 6 nitrogen and oxygen atoms in total. The molecule has 0 aliphatic carbocycles. The van der Waals surface area contributed by atoms with Gasteiger partial charge in [0, 0.05) is 32.6 Å². The number of amides is 2. The number of hydrogen-bond donors (Lipinski definition) is 1. The fraction of sp³-hybridized carbons (Fsp3) is 0.600. The Morgan fingerprint density at radius 1 is 1.11 bits per heavy atom. The number of hydrogen-bond acceptors (Lipinski definition) is 4. The smallest absolute Gasteiger partial charge is 0.242 e. The lowest BCUT2D eigenvalue weighted by Crippen LogP contribution is -2.58. The Labute approximate surface area is 168 Å². The number of carbonyl (C=O) groups is 2. The fourth-order valence-corrected chi connectivity index (χ4v) is 3.35. The van der Waals surface area contributed by atoms with Crippen LogP contribution in [0, 0.1) is 0 Å². The van der Waals surface area contributed by atoms with Crippen molar-refractivity contribution in [3.63, 3.8) is 0 Å². The molecular weight excluding hydrogens is 366 g/mol. The maximum absolute atomic E-state index is 12.5. The van der Waals surface area contributed by atoms with Gasteiger partial charge in [0.05, 0.1) is 12.6 Å². The molecule has 2 amide bonds. The van der Waals surface area contributed by atoms with Crippen molar-refractivity contribution in [2.24, 2.45) is 5.73 Å². The van der Waals surface area contributed by atoms with Crippen molar-refractivity contribution in [2.75, 3.05) is 33.3 Å². The summed E-state index contributed by atoms with van der Waals surface area (Å²) in [6.45, 7) is 6.10. The van der Waals surface area contributed by atoms with Gasteiger partial charge in [0.25, 0.3) is 0 Å². The standard InChI is InChI=1S/C20H31N3O3.ClH/c1-4-11-20(2,21)19(25)23-14-12-22(13-15-23)18(24)10-7-16-5-8-17(26-3)9-6-16;/h5-6,8-9H,4,7,10-15,21H2,1-3H3;1H. The number of benzene rings is 1. The molecule has 1 fully saturated rings. The third kappa shape index (κ3) is 6.40. The van der Waals surface area contributed by atoms with Crippen molar-refractivity contribution in [2.45, 2.75) is 45.1 Å². The van der Waals surface area contributed by atoms with E-state index in [2.05, 4.69) is 0 Å². The summed E-state index contributed by atoms with van der Waals surface area (Å²) in [5, 5.41) is 0. The molecule has 0 bridgehead atoms. The van der Waals surface area contributed by atoms with Crippen LogP contribution in [-0.2, 0) is 16.0 Å². The van der Waals surface area contributed by atoms with E-state index >= 15 is 0 Å². The van der Waals surface area contributed by atoms with E-state index < -0.39 is 5.54 Å². The lowest BCUT2D eigenvalue weighted by Gasteiger charge is -2.38. The van der Waals surface area contributed by atoms with Gasteiger partial charge < -0.3 is 20.3 Å². The van der Waals surface area contributed by atoms with E-state index in [0.29, 0.717) is 45.4 Å². The summed E-state index contributed by atoms with van der Waals surface area (Å²) in [6, 6.07) is 7.78. The number of nitrogens with zero attached hydrogens (tertiary/aromatic N) is 2. The third-order valence-corrected chi connectivity index (χ3v) is 4.96. The Hall–Kier alpha value is -1.79. The van der Waals surface area contributed by atoms with Gasteiger partial charge in [-0.1, -0.05) is 25.5 Å². The van der Waals surface area contributed by atoms with Crippen molar-refractivity contribution < 1.29 is 14.3 Å². The van der Waals surface area contributed by atoms with Crippen LogP contribution in [0.2, 0.25) is 0 Å². The van der Waals surface area contributed by atoms with Crippen LogP contribution in [0.3, 0.4) is 0 Å². The zero-order valence-corrected chi connectivity index (χ0v) is 17.4. The molecular formula is C20H32ClN3O3. The SMILES string of the molecule is CCCC(C)(N)C(=O)N1CCN(C(=O)CCc2ccc(OC)cc2)CC1.Cl. The van der Waals surface area contributed by atoms with Crippen molar-refractivity contribution in [1.29, 1.82) is 0 Å². The van der Waals surface area contributed by atoms with Crippen LogP contribution in [0.25, 0.3) is 0 Å². The highest BCUT2D eigenvalue weighted by Crippen LogP contribution is 2.16. The molecule has 1 saturated heterocycles. The molecule has 1 unspecified atom stereocenters. The van der Waals surface area contributed by atoms with Crippen molar-refractivity contribution in [3.05, 3.63) is 29.8 Å². The first-order chi connectivity index (χ1) is 12.4. The molecule has 2 rings (SSSR count). The molecule has 0 radical (unpaired) electrons. The number of piperazine rings is 1. The second-order valence-electron chi connectivity index (χ2n) is 7.19. The van der Waals surface area contributed by atoms with Crippen LogP contribution in [0.15, 0.2) is 24.3 Å². The lowest BCUT2D eigenvalue weighted by atomic mass is 9.95. The van der Waals surface area contributed by atoms with Gasteiger partial charge in [0.1, 0.15) is 5.75 Å². The number of carbonyl (C=O) groups excluding carboxylic acids is 2. The van der Waals surface area contributed by atoms with Crippen LogP contribution < -0.4 is 10.5 Å². The molecule has 1 aromatic carbocycles. The number of halogens is 1. The van der Waals surface area contributed by atoms with Gasteiger partial charge in [-0.05, 0) is 37.5 Å². The van der Waals surface area contributed by atoms with E-state index in [-0.39, 0.29) is 24.2 Å². The molecule has 1 aliphatic rings. The van der Waals surface area contributed by atoms with E-state index in [0.717, 1.165) is 17.7 Å². The summed E-state index contributed by atoms with van der Waals surface area (Å²) in [6.07, 6.45) is 2.74. The van der Waals surface area contributed by atoms with Crippen LogP contribution in [0.1, 0.15) is 38.7 Å². The highest BCUT2D eigenvalue weighted by atomic mass is 35.5.